The molecule has 0 N–H and O–H groups in total. The van der Waals surface area contributed by atoms with Gasteiger partial charge in [0.15, 0.2) is 5.79 Å². The van der Waals surface area contributed by atoms with Gasteiger partial charge in [-0.3, -0.25) is 4.90 Å². The Kier molecular flexibility index (Phi) is 3.89. The molecule has 0 amide bonds. The molecule has 3 rings (SSSR count). The number of piperidine rings is 2. The maximum absolute atomic E-state index is 5.85. The minimum absolute atomic E-state index is 0.246. The van der Waals surface area contributed by atoms with Crippen LogP contribution in [0, 0.1) is 5.92 Å². The first-order valence-electron chi connectivity index (χ1n) is 7.45. The third-order valence-corrected chi connectivity index (χ3v) is 4.66. The van der Waals surface area contributed by atoms with E-state index < -0.39 is 0 Å². The highest BCUT2D eigenvalue weighted by Crippen LogP contribution is 2.31. The van der Waals surface area contributed by atoms with Crippen LogP contribution in [0.15, 0.2) is 0 Å². The monoisotopic (exact) mass is 254 g/mol. The summed E-state index contributed by atoms with van der Waals surface area (Å²) in [6, 6.07) is 0. The van der Waals surface area contributed by atoms with Gasteiger partial charge in [-0.2, -0.15) is 0 Å². The van der Waals surface area contributed by atoms with E-state index in [1.54, 1.807) is 0 Å². The van der Waals surface area contributed by atoms with Gasteiger partial charge in [0.05, 0.1) is 19.8 Å². The number of rotatable bonds is 2. The third-order valence-electron chi connectivity index (χ3n) is 4.66. The minimum atomic E-state index is -0.246. The van der Waals surface area contributed by atoms with Crippen LogP contribution in [0.5, 0.6) is 0 Å². The van der Waals surface area contributed by atoms with Crippen LogP contribution in [0.3, 0.4) is 0 Å². The molecule has 0 bridgehead atoms. The average Bonchev–Trinajstić information content (AvgIpc) is 2.80. The molecule has 4 heteroatoms. The van der Waals surface area contributed by atoms with Crippen molar-refractivity contribution in [3.63, 3.8) is 0 Å². The van der Waals surface area contributed by atoms with Crippen LogP contribution >= 0.6 is 0 Å². The molecule has 0 atom stereocenters. The fourth-order valence-electron chi connectivity index (χ4n) is 3.57. The summed E-state index contributed by atoms with van der Waals surface area (Å²) < 4.78 is 11.7. The number of ether oxygens (including phenoxy) is 2. The predicted octanol–water partition coefficient (Wildman–Crippen LogP) is 1.17. The lowest BCUT2D eigenvalue weighted by atomic mass is 9.95. The molecule has 0 unspecified atom stereocenters. The van der Waals surface area contributed by atoms with Gasteiger partial charge in [0.2, 0.25) is 0 Å². The first-order valence-corrected chi connectivity index (χ1v) is 7.45. The number of nitrogens with zero attached hydrogens (tertiary/aromatic N) is 2. The zero-order valence-electron chi connectivity index (χ0n) is 11.6. The molecule has 3 aliphatic heterocycles. The van der Waals surface area contributed by atoms with E-state index in [9.17, 15) is 0 Å². The Hall–Kier alpha value is -0.160. The van der Waals surface area contributed by atoms with Crippen molar-refractivity contribution < 1.29 is 9.47 Å². The number of likely N-dealkylation sites (tertiary alicyclic amines) is 2. The molecule has 0 aliphatic carbocycles. The predicted molar refractivity (Wildman–Crippen MR) is 70.5 cm³/mol. The molecule has 1 spiro atoms. The lowest BCUT2D eigenvalue weighted by Gasteiger charge is -2.41. The minimum Gasteiger partial charge on any atom is -0.346 e. The smallest absolute Gasteiger partial charge is 0.181 e. The molecule has 3 fully saturated rings. The average molecular weight is 254 g/mol. The van der Waals surface area contributed by atoms with Crippen molar-refractivity contribution in [3.8, 4) is 0 Å². The van der Waals surface area contributed by atoms with Crippen LogP contribution in [-0.2, 0) is 9.47 Å². The molecule has 0 aromatic heterocycles. The maximum Gasteiger partial charge on any atom is 0.181 e. The van der Waals surface area contributed by atoms with Gasteiger partial charge in [-0.25, -0.2) is 0 Å². The van der Waals surface area contributed by atoms with Crippen LogP contribution in [0.1, 0.15) is 25.7 Å². The van der Waals surface area contributed by atoms with Crippen LogP contribution in [0.2, 0.25) is 0 Å². The summed E-state index contributed by atoms with van der Waals surface area (Å²) in [4.78, 5) is 5.02. The molecule has 3 saturated heterocycles. The highest BCUT2D eigenvalue weighted by Gasteiger charge is 2.41. The summed E-state index contributed by atoms with van der Waals surface area (Å²) in [5.74, 6) is 0.627. The zero-order valence-corrected chi connectivity index (χ0v) is 11.6. The summed E-state index contributed by atoms with van der Waals surface area (Å²) in [6.07, 6.45) is 4.99. The van der Waals surface area contributed by atoms with Crippen molar-refractivity contribution in [2.45, 2.75) is 31.5 Å². The van der Waals surface area contributed by atoms with E-state index in [-0.39, 0.29) is 5.79 Å². The first kappa shape index (κ1) is 12.9. The van der Waals surface area contributed by atoms with Crippen molar-refractivity contribution in [3.05, 3.63) is 0 Å². The van der Waals surface area contributed by atoms with Gasteiger partial charge in [-0.05, 0) is 51.9 Å². The molecule has 0 saturated carbocycles. The van der Waals surface area contributed by atoms with Gasteiger partial charge >= 0.3 is 0 Å². The van der Waals surface area contributed by atoms with Crippen LogP contribution in [-0.4, -0.2) is 68.6 Å². The maximum atomic E-state index is 5.85. The third kappa shape index (κ3) is 2.87. The van der Waals surface area contributed by atoms with E-state index in [2.05, 4.69) is 16.8 Å². The van der Waals surface area contributed by atoms with Gasteiger partial charge in [0.25, 0.3) is 0 Å². The standard InChI is InChI=1S/C14H26N2O2/c1-15-7-3-13(4-8-15)11-16-6-2-5-14(12-16)17-9-10-18-14/h13H,2-12H2,1H3. The molecule has 4 nitrogen and oxygen atoms in total. The zero-order chi connectivity index (χ0) is 12.4. The lowest BCUT2D eigenvalue weighted by molar-refractivity contribution is -0.190. The van der Waals surface area contributed by atoms with Gasteiger partial charge in [0.1, 0.15) is 0 Å². The van der Waals surface area contributed by atoms with E-state index in [1.165, 1.54) is 45.4 Å². The Labute approximate surface area is 110 Å². The van der Waals surface area contributed by atoms with E-state index >= 15 is 0 Å². The van der Waals surface area contributed by atoms with E-state index in [0.29, 0.717) is 0 Å². The van der Waals surface area contributed by atoms with Crippen LogP contribution < -0.4 is 0 Å². The largest absolute Gasteiger partial charge is 0.346 e. The molecular formula is C14H26N2O2. The van der Waals surface area contributed by atoms with Crippen molar-refractivity contribution in [2.75, 3.05) is 53.0 Å². The molecule has 3 aliphatic rings. The summed E-state index contributed by atoms with van der Waals surface area (Å²) in [5.41, 5.74) is 0. The van der Waals surface area contributed by atoms with Crippen molar-refractivity contribution >= 4 is 0 Å². The Bertz CT molecular complexity index is 271. The van der Waals surface area contributed by atoms with E-state index in [4.69, 9.17) is 9.47 Å². The molecule has 18 heavy (non-hydrogen) atoms. The highest BCUT2D eigenvalue weighted by molar-refractivity contribution is 4.85. The van der Waals surface area contributed by atoms with Crippen molar-refractivity contribution in [1.29, 1.82) is 0 Å². The number of hydrogen-bond donors (Lipinski definition) is 0. The molecule has 104 valence electrons. The lowest BCUT2D eigenvalue weighted by Crippen LogP contribution is -2.50. The normalized spacial score (nSPS) is 31.2. The van der Waals surface area contributed by atoms with Gasteiger partial charge in [0, 0.05) is 13.0 Å². The van der Waals surface area contributed by atoms with E-state index in [0.717, 1.165) is 32.1 Å². The fourth-order valence-corrected chi connectivity index (χ4v) is 3.57. The second-order valence-electron chi connectivity index (χ2n) is 6.19. The first-order chi connectivity index (χ1) is 8.76. The Morgan fingerprint density at radius 1 is 1.11 bits per heavy atom. The topological polar surface area (TPSA) is 24.9 Å². The summed E-state index contributed by atoms with van der Waals surface area (Å²) >= 11 is 0. The van der Waals surface area contributed by atoms with E-state index in [1.807, 2.05) is 0 Å². The second kappa shape index (κ2) is 5.45. The number of hydrogen-bond acceptors (Lipinski definition) is 4. The summed E-state index contributed by atoms with van der Waals surface area (Å²) in [5, 5.41) is 0. The van der Waals surface area contributed by atoms with Crippen molar-refractivity contribution in [1.82, 2.24) is 9.80 Å². The molecule has 3 heterocycles. The van der Waals surface area contributed by atoms with Gasteiger partial charge in [-0.1, -0.05) is 0 Å². The Morgan fingerprint density at radius 3 is 2.56 bits per heavy atom. The molecule has 0 radical (unpaired) electrons. The van der Waals surface area contributed by atoms with Crippen LogP contribution in [0.25, 0.3) is 0 Å². The fraction of sp³-hybridized carbons (Fsp3) is 1.00. The second-order valence-corrected chi connectivity index (χ2v) is 6.19. The Morgan fingerprint density at radius 2 is 1.83 bits per heavy atom. The van der Waals surface area contributed by atoms with Gasteiger partial charge in [-0.15, -0.1) is 0 Å². The quantitative estimate of drug-likeness (QED) is 0.738. The SMILES string of the molecule is CN1CCC(CN2CCCC3(C2)OCCO3)CC1. The molecule has 0 aromatic rings. The van der Waals surface area contributed by atoms with Crippen LogP contribution in [0.4, 0.5) is 0 Å². The molecule has 0 aromatic carbocycles. The molecular weight excluding hydrogens is 228 g/mol. The van der Waals surface area contributed by atoms with Crippen molar-refractivity contribution in [2.24, 2.45) is 5.92 Å². The Balaban J connectivity index is 1.50. The van der Waals surface area contributed by atoms with Gasteiger partial charge < -0.3 is 14.4 Å². The summed E-state index contributed by atoms with van der Waals surface area (Å²) in [7, 11) is 2.23. The summed E-state index contributed by atoms with van der Waals surface area (Å²) in [6.45, 7) is 7.53. The highest BCUT2D eigenvalue weighted by atomic mass is 16.7.